The first-order chi connectivity index (χ1) is 38.6. The highest BCUT2D eigenvalue weighted by atomic mass is 16.6. The highest BCUT2D eigenvalue weighted by Crippen LogP contribution is 2.17. The van der Waals surface area contributed by atoms with Gasteiger partial charge in [-0.05, 0) is 109 Å². The summed E-state index contributed by atoms with van der Waals surface area (Å²) in [6.45, 7) is 4.03. The molecule has 0 radical (unpaired) electrons. The number of esters is 2. The van der Waals surface area contributed by atoms with Crippen LogP contribution in [0.1, 0.15) is 309 Å². The first-order valence-corrected chi connectivity index (χ1v) is 33.1. The van der Waals surface area contributed by atoms with Gasteiger partial charge < -0.3 is 14.6 Å². The van der Waals surface area contributed by atoms with E-state index in [1.54, 1.807) is 0 Å². The van der Waals surface area contributed by atoms with E-state index in [-0.39, 0.29) is 25.2 Å². The molecule has 0 bridgehead atoms. The quantitative estimate of drug-likeness (QED) is 0.0373. The minimum Gasteiger partial charge on any atom is -0.462 e. The number of hydrogen-bond acceptors (Lipinski definition) is 5. The van der Waals surface area contributed by atoms with Gasteiger partial charge in [0.15, 0.2) is 6.10 Å². The molecule has 0 rings (SSSR count). The Labute approximate surface area is 483 Å². The van der Waals surface area contributed by atoms with E-state index in [0.717, 1.165) is 103 Å². The van der Waals surface area contributed by atoms with Crippen LogP contribution in [0, 0.1) is 0 Å². The first-order valence-electron chi connectivity index (χ1n) is 33.1. The van der Waals surface area contributed by atoms with Gasteiger partial charge in [0.25, 0.3) is 0 Å². The monoisotopic (exact) mass is 1080 g/mol. The second-order valence-electron chi connectivity index (χ2n) is 21.8. The van der Waals surface area contributed by atoms with E-state index < -0.39 is 6.10 Å². The molecule has 0 aromatic carbocycles. The number of aliphatic hydroxyl groups is 1. The summed E-state index contributed by atoms with van der Waals surface area (Å²) in [6, 6.07) is 0. The van der Waals surface area contributed by atoms with Crippen LogP contribution in [0.25, 0.3) is 0 Å². The van der Waals surface area contributed by atoms with Crippen molar-refractivity contribution in [1.82, 2.24) is 0 Å². The van der Waals surface area contributed by atoms with Gasteiger partial charge in [-0.2, -0.15) is 0 Å². The van der Waals surface area contributed by atoms with Crippen molar-refractivity contribution in [3.63, 3.8) is 0 Å². The zero-order valence-corrected chi connectivity index (χ0v) is 51.1. The third-order valence-electron chi connectivity index (χ3n) is 14.2. The minimum absolute atomic E-state index is 0.0760. The van der Waals surface area contributed by atoms with Gasteiger partial charge in [0.05, 0.1) is 6.61 Å². The Morgan fingerprint density at radius 2 is 0.551 bits per heavy atom. The summed E-state index contributed by atoms with van der Waals surface area (Å²) < 4.78 is 10.7. The summed E-state index contributed by atoms with van der Waals surface area (Å²) >= 11 is 0. The standard InChI is InChI=1S/C73H124O5/c1-3-5-7-9-11-13-15-17-19-21-23-25-27-29-31-33-35-36-38-39-41-43-45-47-49-51-53-55-57-59-61-63-65-67-72(75)77-70-71(69-74)78-73(76)68-66-64-62-60-58-56-54-52-50-48-46-44-42-40-37-34-32-30-28-26-24-22-20-18-16-14-12-10-8-6-4-2/h6,8,12,14-15,17-18,20-21,23-24,26,30,32,37,40,44,46,50,52,71,74H,3-5,7,9-11,13,16,19,22,25,27-29,31,33-36,38-39,41-43,45,47-49,51,53-70H2,1-2H3/b8-6-,14-12-,17-15-,20-18-,23-21-,26-24-,32-30-,40-37-,46-44-,52-50-. The third-order valence-corrected chi connectivity index (χ3v) is 14.2. The molecule has 0 saturated carbocycles. The number of ether oxygens (including phenoxy) is 2. The molecule has 0 aliphatic heterocycles. The Morgan fingerprint density at radius 3 is 0.833 bits per heavy atom. The maximum atomic E-state index is 12.3. The van der Waals surface area contributed by atoms with Crippen molar-refractivity contribution in [3.8, 4) is 0 Å². The summed E-state index contributed by atoms with van der Waals surface area (Å²) in [5, 5.41) is 9.69. The average molecular weight is 1080 g/mol. The summed E-state index contributed by atoms with van der Waals surface area (Å²) in [4.78, 5) is 24.6. The van der Waals surface area contributed by atoms with E-state index >= 15 is 0 Å². The minimum atomic E-state index is -0.789. The number of hydrogen-bond donors (Lipinski definition) is 1. The van der Waals surface area contributed by atoms with E-state index in [1.807, 2.05) is 0 Å². The lowest BCUT2D eigenvalue weighted by molar-refractivity contribution is -0.161. The molecule has 1 N–H and O–H groups in total. The predicted octanol–water partition coefficient (Wildman–Crippen LogP) is 23.0. The molecule has 0 aromatic rings. The Balaban J connectivity index is 3.52. The Kier molecular flexibility index (Phi) is 64.4. The molecule has 0 fully saturated rings. The van der Waals surface area contributed by atoms with E-state index in [2.05, 4.69) is 135 Å². The van der Waals surface area contributed by atoms with Gasteiger partial charge in [-0.25, -0.2) is 0 Å². The molecule has 0 aliphatic rings. The molecule has 0 aliphatic carbocycles. The van der Waals surface area contributed by atoms with Crippen LogP contribution in [-0.4, -0.2) is 36.4 Å². The van der Waals surface area contributed by atoms with Gasteiger partial charge in [-0.3, -0.25) is 9.59 Å². The largest absolute Gasteiger partial charge is 0.462 e. The van der Waals surface area contributed by atoms with Crippen molar-refractivity contribution in [1.29, 1.82) is 0 Å². The van der Waals surface area contributed by atoms with Gasteiger partial charge in [0.1, 0.15) is 6.61 Å². The molecule has 446 valence electrons. The Bertz CT molecular complexity index is 1550. The van der Waals surface area contributed by atoms with Crippen LogP contribution in [0.2, 0.25) is 0 Å². The van der Waals surface area contributed by atoms with Gasteiger partial charge in [0, 0.05) is 12.8 Å². The first kappa shape index (κ1) is 74.3. The zero-order chi connectivity index (χ0) is 56.2. The predicted molar refractivity (Wildman–Crippen MR) is 343 cm³/mol. The lowest BCUT2D eigenvalue weighted by Gasteiger charge is -2.15. The van der Waals surface area contributed by atoms with Crippen LogP contribution in [0.5, 0.6) is 0 Å². The maximum absolute atomic E-state index is 12.3. The number of unbranched alkanes of at least 4 members (excludes halogenated alkanes) is 32. The van der Waals surface area contributed by atoms with Gasteiger partial charge >= 0.3 is 11.9 Å². The van der Waals surface area contributed by atoms with Gasteiger partial charge in [-0.1, -0.05) is 309 Å². The molecular weight excluding hydrogens is 957 g/mol. The molecule has 0 heterocycles. The van der Waals surface area contributed by atoms with E-state index in [1.165, 1.54) is 180 Å². The number of aliphatic hydroxyl groups excluding tert-OH is 1. The highest BCUT2D eigenvalue weighted by Gasteiger charge is 2.16. The lowest BCUT2D eigenvalue weighted by atomic mass is 10.0. The van der Waals surface area contributed by atoms with Crippen molar-refractivity contribution >= 4 is 11.9 Å². The van der Waals surface area contributed by atoms with Gasteiger partial charge in [-0.15, -0.1) is 0 Å². The van der Waals surface area contributed by atoms with E-state index in [9.17, 15) is 14.7 Å². The number of carbonyl (C=O) groups is 2. The normalized spacial score (nSPS) is 13.0. The second kappa shape index (κ2) is 67.6. The van der Waals surface area contributed by atoms with Crippen molar-refractivity contribution in [2.45, 2.75) is 315 Å². The van der Waals surface area contributed by atoms with Crippen LogP contribution in [0.4, 0.5) is 0 Å². The summed E-state index contributed by atoms with van der Waals surface area (Å²) in [7, 11) is 0. The van der Waals surface area contributed by atoms with Crippen LogP contribution < -0.4 is 0 Å². The molecular formula is C73H124O5. The summed E-state index contributed by atoms with van der Waals surface area (Å²) in [5.41, 5.74) is 0. The molecule has 78 heavy (non-hydrogen) atoms. The Morgan fingerprint density at radius 1 is 0.308 bits per heavy atom. The van der Waals surface area contributed by atoms with E-state index in [0.29, 0.717) is 12.8 Å². The van der Waals surface area contributed by atoms with Crippen molar-refractivity contribution < 1.29 is 24.2 Å². The zero-order valence-electron chi connectivity index (χ0n) is 51.1. The molecule has 0 spiro atoms. The lowest BCUT2D eigenvalue weighted by Crippen LogP contribution is -2.28. The molecule has 0 aromatic heterocycles. The molecule has 0 saturated heterocycles. The average Bonchev–Trinajstić information content (AvgIpc) is 3.44. The fourth-order valence-corrected chi connectivity index (χ4v) is 9.31. The van der Waals surface area contributed by atoms with Crippen molar-refractivity contribution in [2.24, 2.45) is 0 Å². The smallest absolute Gasteiger partial charge is 0.306 e. The maximum Gasteiger partial charge on any atom is 0.306 e. The molecule has 1 unspecified atom stereocenters. The van der Waals surface area contributed by atoms with Crippen LogP contribution >= 0.6 is 0 Å². The second-order valence-corrected chi connectivity index (χ2v) is 21.8. The van der Waals surface area contributed by atoms with Crippen LogP contribution in [0.3, 0.4) is 0 Å². The number of rotatable bonds is 60. The molecule has 0 amide bonds. The van der Waals surface area contributed by atoms with Crippen LogP contribution in [-0.2, 0) is 19.1 Å². The highest BCUT2D eigenvalue weighted by molar-refractivity contribution is 5.70. The molecule has 5 nitrogen and oxygen atoms in total. The Hall–Kier alpha value is -3.70. The van der Waals surface area contributed by atoms with Crippen LogP contribution in [0.15, 0.2) is 122 Å². The van der Waals surface area contributed by atoms with E-state index in [4.69, 9.17) is 9.47 Å². The molecule has 1 atom stereocenters. The summed E-state index contributed by atoms with van der Waals surface area (Å²) in [5.74, 6) is -0.604. The third kappa shape index (κ3) is 64.8. The number of carbonyl (C=O) groups excluding carboxylic acids is 2. The fourth-order valence-electron chi connectivity index (χ4n) is 9.31. The summed E-state index contributed by atoms with van der Waals surface area (Å²) in [6.07, 6.45) is 99.2. The fraction of sp³-hybridized carbons (Fsp3) is 0.699. The molecule has 5 heteroatoms. The van der Waals surface area contributed by atoms with Crippen molar-refractivity contribution in [2.75, 3.05) is 13.2 Å². The van der Waals surface area contributed by atoms with Crippen molar-refractivity contribution in [3.05, 3.63) is 122 Å². The topological polar surface area (TPSA) is 72.8 Å². The number of allylic oxidation sites excluding steroid dienone is 20. The SMILES string of the molecule is CC/C=C\C/C=C\C/C=C\C/C=C\C/C=C\C/C=C\C/C=C\C/C=C\CCCCCCCCC(=O)OC(CO)COC(=O)CCCCCCCCCCCCCCCCCCCCCCC/C=C\C/C=C\CCCCCCC. The van der Waals surface area contributed by atoms with Gasteiger partial charge in [0.2, 0.25) is 0 Å².